The highest BCUT2D eigenvalue weighted by atomic mass is 79.9. The first-order valence-electron chi connectivity index (χ1n) is 5.88. The van der Waals surface area contributed by atoms with Gasteiger partial charge in [-0.3, -0.25) is 4.79 Å². The molecule has 0 fully saturated rings. The van der Waals surface area contributed by atoms with Crippen molar-refractivity contribution >= 4 is 27.7 Å². The first-order valence-corrected chi connectivity index (χ1v) is 6.67. The maximum atomic E-state index is 11.7. The van der Waals surface area contributed by atoms with Gasteiger partial charge < -0.3 is 10.1 Å². The molecule has 18 heavy (non-hydrogen) atoms. The highest BCUT2D eigenvalue weighted by Crippen LogP contribution is 2.20. The molecule has 0 saturated heterocycles. The van der Waals surface area contributed by atoms with Gasteiger partial charge in [-0.15, -0.1) is 0 Å². The molecule has 1 atom stereocenters. The summed E-state index contributed by atoms with van der Waals surface area (Å²) in [5, 5.41) is 2.76. The average molecular weight is 311 g/mol. The molecule has 1 aromatic heterocycles. The van der Waals surface area contributed by atoms with Gasteiger partial charge in [-0.2, -0.15) is 0 Å². The van der Waals surface area contributed by atoms with Gasteiger partial charge in [0, 0.05) is 23.5 Å². The van der Waals surface area contributed by atoms with Gasteiger partial charge in [0.15, 0.2) is 0 Å². The molecule has 1 aromatic rings. The third-order valence-electron chi connectivity index (χ3n) is 2.71. The van der Waals surface area contributed by atoms with Crippen LogP contribution in [-0.2, 0) is 9.53 Å². The summed E-state index contributed by atoms with van der Waals surface area (Å²) in [5.41, 5.74) is 0. The highest BCUT2D eigenvalue weighted by molar-refractivity contribution is 9.10. The zero-order valence-electron chi connectivity index (χ0n) is 10.1. The number of hydrogen-bond donors (Lipinski definition) is 1. The fourth-order valence-corrected chi connectivity index (χ4v) is 2.02. The lowest BCUT2D eigenvalue weighted by atomic mass is 10.1. The Morgan fingerprint density at radius 1 is 1.61 bits per heavy atom. The summed E-state index contributed by atoms with van der Waals surface area (Å²) in [7, 11) is 0. The van der Waals surface area contributed by atoms with Crippen LogP contribution in [0.5, 0.6) is 0 Å². The van der Waals surface area contributed by atoms with E-state index in [0.29, 0.717) is 12.2 Å². The summed E-state index contributed by atoms with van der Waals surface area (Å²) in [6.07, 6.45) is 5.94. The number of pyridine rings is 1. The van der Waals surface area contributed by atoms with Crippen LogP contribution < -0.4 is 5.32 Å². The SMILES string of the molecule is CC1=CCC(CCC(=O)Nc2ccc(Br)cn2)O1. The molecule has 1 unspecified atom stereocenters. The van der Waals surface area contributed by atoms with Crippen LogP contribution in [-0.4, -0.2) is 17.0 Å². The number of amides is 1. The number of hydrogen-bond acceptors (Lipinski definition) is 3. The maximum absolute atomic E-state index is 11.7. The van der Waals surface area contributed by atoms with Crippen LogP contribution in [0.15, 0.2) is 34.6 Å². The number of nitrogens with one attached hydrogen (secondary N) is 1. The Hall–Kier alpha value is -1.36. The van der Waals surface area contributed by atoms with Crippen LogP contribution >= 0.6 is 15.9 Å². The standard InChI is InChI=1S/C13H15BrN2O2/c1-9-2-4-11(18-9)5-7-13(17)16-12-6-3-10(14)8-15-12/h2-3,6,8,11H,4-5,7H2,1H3,(H,15,16,17). The Morgan fingerprint density at radius 2 is 2.44 bits per heavy atom. The van der Waals surface area contributed by atoms with E-state index in [0.717, 1.165) is 23.1 Å². The fourth-order valence-electron chi connectivity index (χ4n) is 1.78. The molecule has 0 radical (unpaired) electrons. The minimum absolute atomic E-state index is 0.0297. The van der Waals surface area contributed by atoms with Crippen molar-refractivity contribution in [3.8, 4) is 0 Å². The molecule has 0 spiro atoms. The Balaban J connectivity index is 1.74. The lowest BCUT2D eigenvalue weighted by molar-refractivity contribution is -0.116. The van der Waals surface area contributed by atoms with Crippen LogP contribution in [0.25, 0.3) is 0 Å². The van der Waals surface area contributed by atoms with Crippen LogP contribution in [0.1, 0.15) is 26.2 Å². The minimum Gasteiger partial charge on any atom is -0.495 e. The number of anilines is 1. The molecule has 0 saturated carbocycles. The molecule has 96 valence electrons. The van der Waals surface area contributed by atoms with Gasteiger partial charge in [-0.1, -0.05) is 0 Å². The molecule has 2 rings (SSSR count). The van der Waals surface area contributed by atoms with Crippen molar-refractivity contribution in [1.29, 1.82) is 0 Å². The lowest BCUT2D eigenvalue weighted by Crippen LogP contribution is -2.16. The quantitative estimate of drug-likeness (QED) is 0.928. The van der Waals surface area contributed by atoms with E-state index in [1.54, 1.807) is 12.3 Å². The van der Waals surface area contributed by atoms with Crippen molar-refractivity contribution in [3.05, 3.63) is 34.6 Å². The smallest absolute Gasteiger partial charge is 0.225 e. The first kappa shape index (κ1) is 13.1. The van der Waals surface area contributed by atoms with E-state index in [-0.39, 0.29) is 12.0 Å². The van der Waals surface area contributed by atoms with Gasteiger partial charge >= 0.3 is 0 Å². The topological polar surface area (TPSA) is 51.2 Å². The van der Waals surface area contributed by atoms with Crippen molar-refractivity contribution in [3.63, 3.8) is 0 Å². The summed E-state index contributed by atoms with van der Waals surface area (Å²) in [5.74, 6) is 1.50. The molecular weight excluding hydrogens is 296 g/mol. The van der Waals surface area contributed by atoms with E-state index in [1.807, 2.05) is 13.0 Å². The van der Waals surface area contributed by atoms with Gasteiger partial charge in [0.1, 0.15) is 11.9 Å². The van der Waals surface area contributed by atoms with E-state index in [1.165, 1.54) is 0 Å². The maximum Gasteiger partial charge on any atom is 0.225 e. The summed E-state index contributed by atoms with van der Waals surface area (Å²) in [4.78, 5) is 15.8. The summed E-state index contributed by atoms with van der Waals surface area (Å²) in [6, 6.07) is 3.61. The molecule has 2 heterocycles. The zero-order chi connectivity index (χ0) is 13.0. The monoisotopic (exact) mass is 310 g/mol. The third-order valence-corrected chi connectivity index (χ3v) is 3.18. The van der Waals surface area contributed by atoms with E-state index >= 15 is 0 Å². The van der Waals surface area contributed by atoms with Gasteiger partial charge in [0.2, 0.25) is 5.91 Å². The van der Waals surface area contributed by atoms with Gasteiger partial charge in [-0.25, -0.2) is 4.98 Å². The molecule has 0 bridgehead atoms. The second-order valence-corrected chi connectivity index (χ2v) is 5.15. The number of aromatic nitrogens is 1. The molecule has 4 nitrogen and oxygen atoms in total. The number of rotatable bonds is 4. The minimum atomic E-state index is -0.0297. The summed E-state index contributed by atoms with van der Waals surface area (Å²) < 4.78 is 6.43. The predicted octanol–water partition coefficient (Wildman–Crippen LogP) is 3.26. The predicted molar refractivity (Wildman–Crippen MR) is 73.0 cm³/mol. The Labute approximate surface area is 115 Å². The van der Waals surface area contributed by atoms with E-state index in [4.69, 9.17) is 4.74 Å². The molecule has 0 aliphatic carbocycles. The fraction of sp³-hybridized carbons (Fsp3) is 0.385. The molecule has 0 aromatic carbocycles. The number of ether oxygens (including phenoxy) is 1. The van der Waals surface area contributed by atoms with Crippen LogP contribution in [0.2, 0.25) is 0 Å². The third kappa shape index (κ3) is 3.84. The Bertz CT molecular complexity index is 457. The lowest BCUT2D eigenvalue weighted by Gasteiger charge is -2.11. The van der Waals surface area contributed by atoms with Crippen molar-refractivity contribution in [2.24, 2.45) is 0 Å². The van der Waals surface area contributed by atoms with Crippen molar-refractivity contribution in [2.75, 3.05) is 5.32 Å². The number of allylic oxidation sites excluding steroid dienone is 1. The Kier molecular flexibility index (Phi) is 4.36. The number of halogens is 1. The number of carbonyl (C=O) groups excluding carboxylic acids is 1. The molecule has 1 N–H and O–H groups in total. The van der Waals surface area contributed by atoms with E-state index in [2.05, 4.69) is 32.3 Å². The van der Waals surface area contributed by atoms with Gasteiger partial charge in [0.25, 0.3) is 0 Å². The number of carbonyl (C=O) groups is 1. The van der Waals surface area contributed by atoms with E-state index < -0.39 is 0 Å². The van der Waals surface area contributed by atoms with E-state index in [9.17, 15) is 4.79 Å². The van der Waals surface area contributed by atoms with Crippen LogP contribution in [0.4, 0.5) is 5.82 Å². The summed E-state index contributed by atoms with van der Waals surface area (Å²) >= 11 is 3.30. The van der Waals surface area contributed by atoms with Crippen molar-refractivity contribution in [2.45, 2.75) is 32.3 Å². The van der Waals surface area contributed by atoms with Gasteiger partial charge in [0.05, 0.1) is 5.76 Å². The van der Waals surface area contributed by atoms with Crippen LogP contribution in [0, 0.1) is 0 Å². The highest BCUT2D eigenvalue weighted by Gasteiger charge is 2.16. The number of nitrogens with zero attached hydrogens (tertiary/aromatic N) is 1. The molecule has 1 aliphatic rings. The normalized spacial score (nSPS) is 18.1. The molecule has 1 aliphatic heterocycles. The molecule has 1 amide bonds. The molecule has 5 heteroatoms. The average Bonchev–Trinajstić information content (AvgIpc) is 2.76. The second-order valence-electron chi connectivity index (χ2n) is 4.24. The first-order chi connectivity index (χ1) is 8.63. The summed E-state index contributed by atoms with van der Waals surface area (Å²) in [6.45, 7) is 1.94. The second kappa shape index (κ2) is 6.00. The zero-order valence-corrected chi connectivity index (χ0v) is 11.7. The van der Waals surface area contributed by atoms with Crippen molar-refractivity contribution in [1.82, 2.24) is 4.98 Å². The molecular formula is C13H15BrN2O2. The van der Waals surface area contributed by atoms with Crippen LogP contribution in [0.3, 0.4) is 0 Å². The largest absolute Gasteiger partial charge is 0.495 e. The van der Waals surface area contributed by atoms with Gasteiger partial charge in [-0.05, 0) is 47.5 Å². The Morgan fingerprint density at radius 3 is 3.06 bits per heavy atom. The van der Waals surface area contributed by atoms with Crippen molar-refractivity contribution < 1.29 is 9.53 Å².